The molecular formula is C55H84N4O6. The number of esters is 2. The van der Waals surface area contributed by atoms with Crippen molar-refractivity contribution >= 4 is 41.5 Å². The van der Waals surface area contributed by atoms with Gasteiger partial charge >= 0.3 is 11.9 Å². The summed E-state index contributed by atoms with van der Waals surface area (Å²) in [6, 6.07) is -0.408. The van der Waals surface area contributed by atoms with Gasteiger partial charge in [0.05, 0.1) is 31.2 Å². The molecule has 2 aromatic heterocycles. The van der Waals surface area contributed by atoms with E-state index in [1.165, 1.54) is 58.5 Å². The number of rotatable bonds is 21. The number of nitrogens with one attached hydrogen (secondary N) is 4. The summed E-state index contributed by atoms with van der Waals surface area (Å²) < 4.78 is 11.3. The molecule has 10 atom stereocenters. The Morgan fingerprint density at radius 1 is 0.754 bits per heavy atom. The molecule has 1 aliphatic carbocycles. The van der Waals surface area contributed by atoms with Crippen LogP contribution in [0.1, 0.15) is 186 Å². The molecule has 0 radical (unpaired) electrons. The molecule has 2 saturated heterocycles. The van der Waals surface area contributed by atoms with Gasteiger partial charge in [-0.05, 0) is 105 Å². The van der Waals surface area contributed by atoms with Gasteiger partial charge in [-0.2, -0.15) is 0 Å². The number of carbonyl (C=O) groups is 2. The Bertz CT molecular complexity index is 2220. The lowest BCUT2D eigenvalue weighted by molar-refractivity contribution is -0.144. The second-order valence-corrected chi connectivity index (χ2v) is 21.2. The summed E-state index contributed by atoms with van der Waals surface area (Å²) in [6.07, 6.45) is 19.9. The minimum Gasteiger partial charge on any atom is -0.510 e. The Balaban J connectivity index is 1.18. The first-order chi connectivity index (χ1) is 30.9. The van der Waals surface area contributed by atoms with Crippen LogP contribution in [0.4, 0.5) is 0 Å². The highest BCUT2D eigenvalue weighted by Crippen LogP contribution is 2.44. The molecular weight excluding hydrogens is 813 g/mol. The first-order valence-corrected chi connectivity index (χ1v) is 25.4. The Labute approximate surface area is 390 Å². The minimum atomic E-state index is -1.00. The van der Waals surface area contributed by atoms with Gasteiger partial charge in [-0.15, -0.1) is 0 Å². The van der Waals surface area contributed by atoms with Gasteiger partial charge in [-0.3, -0.25) is 9.59 Å². The van der Waals surface area contributed by atoms with Crippen LogP contribution in [-0.2, 0) is 19.1 Å². The van der Waals surface area contributed by atoms with Crippen LogP contribution in [-0.4, -0.2) is 51.9 Å². The Hall–Kier alpha value is -4.18. The van der Waals surface area contributed by atoms with Crippen molar-refractivity contribution in [2.45, 2.75) is 172 Å². The van der Waals surface area contributed by atoms with Gasteiger partial charge in [0.1, 0.15) is 11.7 Å². The maximum absolute atomic E-state index is 13.7. The van der Waals surface area contributed by atoms with E-state index in [4.69, 9.17) is 9.47 Å². The lowest BCUT2D eigenvalue weighted by atomic mass is 9.80. The molecule has 2 aromatic rings. The Morgan fingerprint density at radius 2 is 1.34 bits per heavy atom. The second-order valence-electron chi connectivity index (χ2n) is 21.2. The Kier molecular flexibility index (Phi) is 17.1. The Morgan fingerprint density at radius 3 is 1.94 bits per heavy atom. The van der Waals surface area contributed by atoms with Gasteiger partial charge in [0.2, 0.25) is 0 Å². The van der Waals surface area contributed by atoms with Gasteiger partial charge in [0, 0.05) is 69.1 Å². The van der Waals surface area contributed by atoms with Crippen LogP contribution in [0, 0.1) is 67.1 Å². The summed E-state index contributed by atoms with van der Waals surface area (Å²) in [6.45, 7) is 24.6. The van der Waals surface area contributed by atoms with E-state index in [1.54, 1.807) is 6.92 Å². The van der Waals surface area contributed by atoms with Crippen molar-refractivity contribution in [1.29, 1.82) is 0 Å². The number of aromatic nitrogens is 2. The average molecular weight is 897 g/mol. The fraction of sp³-hybridized carbons (Fsp3) is 0.673. The minimum absolute atomic E-state index is 0.0145. The number of H-pyrrole nitrogens is 2. The molecule has 0 aromatic carbocycles. The molecule has 65 heavy (non-hydrogen) atoms. The predicted octanol–water partition coefficient (Wildman–Crippen LogP) is 10.6. The molecule has 3 aliphatic heterocycles. The lowest BCUT2D eigenvalue weighted by Gasteiger charge is -2.26. The molecule has 5 heterocycles. The second kappa shape index (κ2) is 22.1. The lowest BCUT2D eigenvalue weighted by Crippen LogP contribution is -2.38. The zero-order valence-corrected chi connectivity index (χ0v) is 42.0. The number of carbonyl (C=O) groups excluding carboxylic acids is 2. The predicted molar refractivity (Wildman–Crippen MR) is 264 cm³/mol. The van der Waals surface area contributed by atoms with Crippen molar-refractivity contribution in [3.05, 3.63) is 61.4 Å². The first kappa shape index (κ1) is 50.2. The van der Waals surface area contributed by atoms with Crippen molar-refractivity contribution in [2.75, 3.05) is 13.7 Å². The number of allylic oxidation sites excluding steroid dienone is 3. The summed E-state index contributed by atoms with van der Waals surface area (Å²) in [7, 11) is 1.36. The molecule has 2 fully saturated rings. The van der Waals surface area contributed by atoms with Crippen molar-refractivity contribution < 1.29 is 29.3 Å². The highest BCUT2D eigenvalue weighted by Gasteiger charge is 2.47. The van der Waals surface area contributed by atoms with E-state index < -0.39 is 24.0 Å². The normalized spacial score (nSPS) is 26.6. The number of ether oxygens (including phenoxy) is 2. The molecule has 0 spiro atoms. The molecule has 6 N–H and O–H groups in total. The van der Waals surface area contributed by atoms with Crippen molar-refractivity contribution in [1.82, 2.24) is 20.6 Å². The van der Waals surface area contributed by atoms with E-state index in [1.807, 2.05) is 13.8 Å². The standard InChI is InChI=1S/C55H84N4O6/c1-13-39-34(7)41-29-46-48(38(11)60)36(9)43(57-46)27-42-35(8)40(52(58-42)50-51(55(63)64-12)54(62)49-37(10)44(59-53(49)50)28-45(39)56-41)23-24-47(61)65-26-25-33(6)22-16-21-32(5)20-15-19-31(4)18-14-17-30(2)3/h27-35,38-40,51-52,56-60,62H,13-26H2,1-12H3/b41-29-,42-27-,45-28-/t31-,32-,33?,34+,35-,38?,39+,40-,51+,52?/m0/s1. The number of aliphatic hydroxyl groups excluding tert-OH is 2. The third-order valence-corrected chi connectivity index (χ3v) is 15.8. The van der Waals surface area contributed by atoms with Crippen LogP contribution < -0.4 is 21.2 Å². The van der Waals surface area contributed by atoms with E-state index in [0.717, 1.165) is 98.8 Å². The maximum atomic E-state index is 13.7. The van der Waals surface area contributed by atoms with Crippen LogP contribution in [0.5, 0.6) is 0 Å². The van der Waals surface area contributed by atoms with E-state index in [2.05, 4.69) is 94.2 Å². The fourth-order valence-electron chi connectivity index (χ4n) is 11.6. The van der Waals surface area contributed by atoms with E-state index in [0.29, 0.717) is 24.2 Å². The van der Waals surface area contributed by atoms with Crippen LogP contribution in [0.25, 0.3) is 29.6 Å². The van der Waals surface area contributed by atoms with Crippen LogP contribution >= 0.6 is 0 Å². The monoisotopic (exact) mass is 897 g/mol. The summed E-state index contributed by atoms with van der Waals surface area (Å²) in [5.74, 6) is 1.36. The molecule has 6 rings (SSSR count). The third-order valence-electron chi connectivity index (χ3n) is 15.8. The third kappa shape index (κ3) is 11.3. The fourth-order valence-corrected chi connectivity index (χ4v) is 11.6. The summed E-state index contributed by atoms with van der Waals surface area (Å²) in [4.78, 5) is 34.5. The quantitative estimate of drug-likeness (QED) is 0.0679. The van der Waals surface area contributed by atoms with E-state index >= 15 is 0 Å². The maximum Gasteiger partial charge on any atom is 0.320 e. The number of methoxy groups -OCH3 is 1. The zero-order valence-electron chi connectivity index (χ0n) is 42.0. The summed E-state index contributed by atoms with van der Waals surface area (Å²) in [5, 5.41) is 32.0. The molecule has 10 nitrogen and oxygen atoms in total. The topological polar surface area (TPSA) is 149 Å². The SMILES string of the molecule is CC[C@H]1/C2=C/c3[nH]c4c(c3C)=C(O)[C@H](C(=O)OC)C=4C3N/C(=C\c4[nH]c(c(C(C)O)c4C)/C=C(\N2)[C@@H]1C)[C@@H](C)[C@@H]3CCC(=O)OCCC(C)CCC[C@@H](C)CCC[C@@H](C)CCCC(C)C. The zero-order chi connectivity index (χ0) is 47.3. The first-order valence-electron chi connectivity index (χ1n) is 25.4. The number of aromatic amines is 2. The average Bonchev–Trinajstić information content (AvgIpc) is 4.00. The largest absolute Gasteiger partial charge is 0.510 e. The van der Waals surface area contributed by atoms with Crippen molar-refractivity contribution in [3.8, 4) is 0 Å². The number of fused-ring (bicyclic) bond motifs is 8. The molecule has 3 unspecified atom stereocenters. The van der Waals surface area contributed by atoms with E-state index in [9.17, 15) is 19.8 Å². The highest BCUT2D eigenvalue weighted by atomic mass is 16.5. The van der Waals surface area contributed by atoms with Crippen LogP contribution in [0.2, 0.25) is 0 Å². The van der Waals surface area contributed by atoms with Gasteiger partial charge < -0.3 is 40.3 Å². The van der Waals surface area contributed by atoms with Gasteiger partial charge in [-0.1, -0.05) is 113 Å². The molecule has 10 heteroatoms. The molecule has 0 amide bonds. The molecule has 360 valence electrons. The van der Waals surface area contributed by atoms with Crippen molar-refractivity contribution in [3.63, 3.8) is 0 Å². The molecule has 0 saturated carbocycles. The highest BCUT2D eigenvalue weighted by molar-refractivity contribution is 5.95. The van der Waals surface area contributed by atoms with Gasteiger partial charge in [0.15, 0.2) is 0 Å². The number of hydrogen-bond acceptors (Lipinski definition) is 8. The molecule has 8 bridgehead atoms. The van der Waals surface area contributed by atoms with Gasteiger partial charge in [-0.25, -0.2) is 0 Å². The number of aliphatic hydroxyl groups is 2. The van der Waals surface area contributed by atoms with Crippen molar-refractivity contribution in [2.24, 2.45) is 53.3 Å². The number of hydrogen-bond donors (Lipinski definition) is 6. The van der Waals surface area contributed by atoms with E-state index in [-0.39, 0.29) is 41.8 Å². The summed E-state index contributed by atoms with van der Waals surface area (Å²) >= 11 is 0. The van der Waals surface area contributed by atoms with Gasteiger partial charge in [0.25, 0.3) is 0 Å². The summed E-state index contributed by atoms with van der Waals surface area (Å²) in [5.41, 5.74) is 9.11. The van der Waals surface area contributed by atoms with Crippen LogP contribution in [0.3, 0.4) is 0 Å². The molecule has 4 aliphatic rings. The van der Waals surface area contributed by atoms with Crippen LogP contribution in [0.15, 0.2) is 17.1 Å². The smallest absolute Gasteiger partial charge is 0.320 e.